The molecule has 3 N–H and O–H groups in total. The molecular weight excluding hydrogens is 217 g/mol. The number of rotatable bonds is 3. The maximum atomic E-state index is 12.9. The zero-order valence-electron chi connectivity index (χ0n) is 8.32. The lowest BCUT2D eigenvalue weighted by Gasteiger charge is -2.12. The van der Waals surface area contributed by atoms with Gasteiger partial charge in [-0.05, 0) is 30.5 Å². The van der Waals surface area contributed by atoms with Gasteiger partial charge in [-0.1, -0.05) is 12.8 Å². The van der Waals surface area contributed by atoms with E-state index >= 15 is 0 Å². The molecule has 1 atom stereocenters. The highest BCUT2D eigenvalue weighted by atomic mass is 35.5. The molecule has 84 valence electrons. The predicted octanol–water partition coefficient (Wildman–Crippen LogP) is 2.75. The number of hydrogen-bond donors (Lipinski definition) is 2. The molecule has 1 aromatic rings. The first kappa shape index (κ1) is 12.3. The fourth-order valence-electron chi connectivity index (χ4n) is 1.66. The molecule has 15 heavy (non-hydrogen) atoms. The van der Waals surface area contributed by atoms with Crippen LogP contribution in [0.2, 0.25) is 0 Å². The Balaban J connectivity index is 0.00000112. The van der Waals surface area contributed by atoms with Crippen LogP contribution in [0.1, 0.15) is 30.9 Å². The van der Waals surface area contributed by atoms with E-state index in [0.717, 1.165) is 6.42 Å². The largest absolute Gasteiger partial charge is 0.508 e. The van der Waals surface area contributed by atoms with Crippen molar-refractivity contribution >= 4 is 12.4 Å². The normalized spacial score (nSPS) is 16.9. The van der Waals surface area contributed by atoms with Crippen LogP contribution < -0.4 is 5.73 Å². The van der Waals surface area contributed by atoms with Gasteiger partial charge in [-0.15, -0.1) is 12.4 Å². The number of halogens is 2. The van der Waals surface area contributed by atoms with Crippen molar-refractivity contribution in [3.05, 3.63) is 29.6 Å². The molecule has 0 saturated heterocycles. The summed E-state index contributed by atoms with van der Waals surface area (Å²) in [6.45, 7) is 0. The van der Waals surface area contributed by atoms with Crippen LogP contribution in [0.5, 0.6) is 5.75 Å². The standard InChI is InChI=1S/C11H14FNO.ClH/c12-8-3-4-11(14)9(6-8)10(13)5-7-1-2-7;/h3-4,6-7,10,14H,1-2,5,13H2;1H/t10-;/m0./s1. The van der Waals surface area contributed by atoms with E-state index in [2.05, 4.69) is 0 Å². The van der Waals surface area contributed by atoms with Crippen molar-refractivity contribution in [1.82, 2.24) is 0 Å². The van der Waals surface area contributed by atoms with Gasteiger partial charge in [-0.2, -0.15) is 0 Å². The minimum absolute atomic E-state index is 0. The van der Waals surface area contributed by atoms with Crippen molar-refractivity contribution < 1.29 is 9.50 Å². The Hall–Kier alpha value is -0.800. The van der Waals surface area contributed by atoms with Crippen LogP contribution in [0.25, 0.3) is 0 Å². The summed E-state index contributed by atoms with van der Waals surface area (Å²) in [4.78, 5) is 0. The average molecular weight is 232 g/mol. The summed E-state index contributed by atoms with van der Waals surface area (Å²) in [6, 6.07) is 3.68. The molecule has 0 heterocycles. The molecule has 0 unspecified atom stereocenters. The first-order chi connectivity index (χ1) is 6.66. The second-order valence-corrected chi connectivity index (χ2v) is 3.99. The van der Waals surface area contributed by atoms with E-state index < -0.39 is 0 Å². The van der Waals surface area contributed by atoms with Gasteiger partial charge in [0.1, 0.15) is 11.6 Å². The summed E-state index contributed by atoms with van der Waals surface area (Å²) in [7, 11) is 0. The van der Waals surface area contributed by atoms with E-state index in [4.69, 9.17) is 5.73 Å². The lowest BCUT2D eigenvalue weighted by Crippen LogP contribution is -2.11. The third kappa shape index (κ3) is 3.08. The van der Waals surface area contributed by atoms with Crippen molar-refractivity contribution in [2.75, 3.05) is 0 Å². The molecule has 2 rings (SSSR count). The molecule has 4 heteroatoms. The van der Waals surface area contributed by atoms with E-state index in [9.17, 15) is 9.50 Å². The Kier molecular flexibility index (Phi) is 3.94. The fourth-order valence-corrected chi connectivity index (χ4v) is 1.66. The van der Waals surface area contributed by atoms with Crippen LogP contribution in [-0.4, -0.2) is 5.11 Å². The first-order valence-corrected chi connectivity index (χ1v) is 4.91. The van der Waals surface area contributed by atoms with Crippen LogP contribution in [0, 0.1) is 11.7 Å². The molecule has 0 amide bonds. The summed E-state index contributed by atoms with van der Waals surface area (Å²) in [5, 5.41) is 9.49. The van der Waals surface area contributed by atoms with Crippen molar-refractivity contribution in [1.29, 1.82) is 0 Å². The summed E-state index contributed by atoms with van der Waals surface area (Å²) in [5.41, 5.74) is 6.40. The van der Waals surface area contributed by atoms with Crippen LogP contribution >= 0.6 is 12.4 Å². The van der Waals surface area contributed by atoms with Crippen LogP contribution in [0.4, 0.5) is 4.39 Å². The van der Waals surface area contributed by atoms with Gasteiger partial charge in [0.05, 0.1) is 0 Å². The molecule has 1 aromatic carbocycles. The molecule has 0 radical (unpaired) electrons. The third-order valence-corrected chi connectivity index (χ3v) is 2.67. The van der Waals surface area contributed by atoms with E-state index in [1.54, 1.807) is 0 Å². The maximum Gasteiger partial charge on any atom is 0.123 e. The SMILES string of the molecule is Cl.N[C@@H](CC1CC1)c1cc(F)ccc1O. The second-order valence-electron chi connectivity index (χ2n) is 3.99. The topological polar surface area (TPSA) is 46.2 Å². The Morgan fingerprint density at radius 3 is 2.73 bits per heavy atom. The lowest BCUT2D eigenvalue weighted by molar-refractivity contribution is 0.452. The number of hydrogen-bond acceptors (Lipinski definition) is 2. The molecule has 1 fully saturated rings. The molecule has 0 bridgehead atoms. The highest BCUT2D eigenvalue weighted by Gasteiger charge is 2.25. The van der Waals surface area contributed by atoms with E-state index in [1.807, 2.05) is 0 Å². The molecular formula is C11H15ClFNO. The van der Waals surface area contributed by atoms with E-state index in [0.29, 0.717) is 11.5 Å². The minimum atomic E-state index is -0.343. The number of aromatic hydroxyl groups is 1. The molecule has 1 saturated carbocycles. The van der Waals surface area contributed by atoms with Crippen molar-refractivity contribution in [3.63, 3.8) is 0 Å². The summed E-state index contributed by atoms with van der Waals surface area (Å²) < 4.78 is 12.9. The van der Waals surface area contributed by atoms with Crippen LogP contribution in [-0.2, 0) is 0 Å². The molecule has 0 spiro atoms. The average Bonchev–Trinajstić information content (AvgIpc) is 2.93. The van der Waals surface area contributed by atoms with E-state index in [-0.39, 0.29) is 30.0 Å². The molecule has 0 aromatic heterocycles. The number of phenolic OH excluding ortho intramolecular Hbond substituents is 1. The highest BCUT2D eigenvalue weighted by Crippen LogP contribution is 2.38. The maximum absolute atomic E-state index is 12.9. The molecule has 2 nitrogen and oxygen atoms in total. The first-order valence-electron chi connectivity index (χ1n) is 4.91. The second kappa shape index (κ2) is 4.81. The van der Waals surface area contributed by atoms with Gasteiger partial charge < -0.3 is 10.8 Å². The summed E-state index contributed by atoms with van der Waals surface area (Å²) in [5.74, 6) is 0.427. The zero-order valence-corrected chi connectivity index (χ0v) is 9.14. The van der Waals surface area contributed by atoms with Crippen molar-refractivity contribution in [2.24, 2.45) is 11.7 Å². The summed E-state index contributed by atoms with van der Waals surface area (Å²) in [6.07, 6.45) is 3.27. The number of phenols is 1. The van der Waals surface area contributed by atoms with Gasteiger partial charge in [-0.3, -0.25) is 0 Å². The summed E-state index contributed by atoms with van der Waals surface area (Å²) >= 11 is 0. The van der Waals surface area contributed by atoms with Crippen molar-refractivity contribution in [3.8, 4) is 5.75 Å². The van der Waals surface area contributed by atoms with E-state index in [1.165, 1.54) is 31.0 Å². The van der Waals surface area contributed by atoms with Gasteiger partial charge in [0, 0.05) is 11.6 Å². The molecule has 0 aliphatic heterocycles. The van der Waals surface area contributed by atoms with Gasteiger partial charge >= 0.3 is 0 Å². The van der Waals surface area contributed by atoms with Gasteiger partial charge in [0.2, 0.25) is 0 Å². The number of nitrogens with two attached hydrogens (primary N) is 1. The van der Waals surface area contributed by atoms with Crippen LogP contribution in [0.3, 0.4) is 0 Å². The minimum Gasteiger partial charge on any atom is -0.508 e. The Morgan fingerprint density at radius 2 is 2.13 bits per heavy atom. The van der Waals surface area contributed by atoms with Gasteiger partial charge in [-0.25, -0.2) is 4.39 Å². The van der Waals surface area contributed by atoms with Gasteiger partial charge in [0.15, 0.2) is 0 Å². The zero-order chi connectivity index (χ0) is 10.1. The Morgan fingerprint density at radius 1 is 1.47 bits per heavy atom. The predicted molar refractivity (Wildman–Crippen MR) is 59.6 cm³/mol. The fraction of sp³-hybridized carbons (Fsp3) is 0.455. The smallest absolute Gasteiger partial charge is 0.123 e. The van der Waals surface area contributed by atoms with Gasteiger partial charge in [0.25, 0.3) is 0 Å². The monoisotopic (exact) mass is 231 g/mol. The Bertz CT molecular complexity index is 341. The highest BCUT2D eigenvalue weighted by molar-refractivity contribution is 5.85. The van der Waals surface area contributed by atoms with Crippen molar-refractivity contribution in [2.45, 2.75) is 25.3 Å². The lowest BCUT2D eigenvalue weighted by atomic mass is 10.0. The van der Waals surface area contributed by atoms with Crippen LogP contribution in [0.15, 0.2) is 18.2 Å². The molecule has 1 aliphatic carbocycles. The Labute approximate surface area is 94.7 Å². The third-order valence-electron chi connectivity index (χ3n) is 2.67. The number of benzene rings is 1. The molecule has 1 aliphatic rings. The quantitative estimate of drug-likeness (QED) is 0.840.